The van der Waals surface area contributed by atoms with Crippen molar-refractivity contribution < 1.29 is 19.8 Å². The monoisotopic (exact) mass is 325 g/mol. The number of fused-ring (bicyclic) bond motifs is 1. The summed E-state index contributed by atoms with van der Waals surface area (Å²) in [5, 5.41) is 24.3. The molecule has 0 saturated heterocycles. The van der Waals surface area contributed by atoms with E-state index in [1.807, 2.05) is 54.6 Å². The van der Waals surface area contributed by atoms with Crippen LogP contribution in [0.25, 0.3) is 11.1 Å². The highest BCUT2D eigenvalue weighted by molar-refractivity contribution is 5.94. The highest BCUT2D eigenvalue weighted by Crippen LogP contribution is 2.33. The first-order chi connectivity index (χ1) is 11.7. The maximum atomic E-state index is 10.3. The number of benzene rings is 2. The van der Waals surface area contributed by atoms with Crippen LogP contribution in [-0.4, -0.2) is 34.7 Å². The molecule has 1 heterocycles. The second-order valence-corrected chi connectivity index (χ2v) is 6.19. The predicted molar refractivity (Wildman–Crippen MR) is 89.2 cm³/mol. The van der Waals surface area contributed by atoms with E-state index < -0.39 is 18.5 Å². The lowest BCUT2D eigenvalue weighted by atomic mass is 10.0. The third-order valence-corrected chi connectivity index (χ3v) is 4.65. The van der Waals surface area contributed by atoms with Crippen molar-refractivity contribution in [3.8, 4) is 11.1 Å². The molecule has 2 aromatic rings. The molecule has 0 spiro atoms. The van der Waals surface area contributed by atoms with Crippen molar-refractivity contribution in [1.29, 1.82) is 0 Å². The van der Waals surface area contributed by atoms with Gasteiger partial charge in [0.15, 0.2) is 6.29 Å². The van der Waals surface area contributed by atoms with Crippen molar-refractivity contribution in [2.24, 2.45) is 11.1 Å². The van der Waals surface area contributed by atoms with E-state index in [4.69, 9.17) is 9.57 Å². The fraction of sp³-hybridized carbons (Fsp3) is 0.316. The molecule has 124 valence electrons. The number of ether oxygens (including phenoxy) is 1. The van der Waals surface area contributed by atoms with E-state index in [1.165, 1.54) is 0 Å². The maximum absolute atomic E-state index is 10.3. The minimum atomic E-state index is -1.06. The lowest BCUT2D eigenvalue weighted by Gasteiger charge is -2.18. The molecule has 24 heavy (non-hydrogen) atoms. The molecule has 1 saturated carbocycles. The summed E-state index contributed by atoms with van der Waals surface area (Å²) in [6.07, 6.45) is -1.55. The molecule has 2 aliphatic rings. The van der Waals surface area contributed by atoms with Crippen LogP contribution in [0.5, 0.6) is 0 Å². The normalized spacial score (nSPS) is 26.6. The summed E-state index contributed by atoms with van der Waals surface area (Å²) in [5.74, 6) is -0.109. The van der Waals surface area contributed by atoms with E-state index in [0.29, 0.717) is 24.3 Å². The average molecular weight is 325 g/mol. The van der Waals surface area contributed by atoms with Gasteiger partial charge in [-0.3, -0.25) is 0 Å². The van der Waals surface area contributed by atoms with Gasteiger partial charge in [0.05, 0.1) is 17.7 Å². The summed E-state index contributed by atoms with van der Waals surface area (Å²) >= 11 is 0. The van der Waals surface area contributed by atoms with Crippen molar-refractivity contribution in [2.75, 3.05) is 6.61 Å². The van der Waals surface area contributed by atoms with Crippen LogP contribution < -0.4 is 0 Å². The van der Waals surface area contributed by atoms with Gasteiger partial charge < -0.3 is 19.8 Å². The van der Waals surface area contributed by atoms with Crippen molar-refractivity contribution in [2.45, 2.75) is 24.9 Å². The van der Waals surface area contributed by atoms with Crippen molar-refractivity contribution in [3.05, 3.63) is 60.2 Å². The van der Waals surface area contributed by atoms with Crippen LogP contribution in [0, 0.1) is 5.92 Å². The molecule has 0 bridgehead atoms. The Bertz CT molecular complexity index is 729. The van der Waals surface area contributed by atoms with E-state index in [9.17, 15) is 10.2 Å². The molecule has 4 unspecified atom stereocenters. The molecule has 1 aliphatic heterocycles. The Morgan fingerprint density at radius 1 is 1.04 bits per heavy atom. The van der Waals surface area contributed by atoms with Gasteiger partial charge in [0, 0.05) is 12.0 Å². The number of rotatable bonds is 4. The highest BCUT2D eigenvalue weighted by atomic mass is 16.6. The highest BCUT2D eigenvalue weighted by Gasteiger charge is 2.44. The van der Waals surface area contributed by atoms with Gasteiger partial charge in [-0.2, -0.15) is 0 Å². The number of oxime groups is 1. The molecule has 0 radical (unpaired) electrons. The van der Waals surface area contributed by atoms with Crippen LogP contribution in [-0.2, 0) is 9.57 Å². The number of aliphatic hydroxyl groups is 2. The van der Waals surface area contributed by atoms with Crippen LogP contribution in [0.1, 0.15) is 18.3 Å². The SMILES string of the molecule is OC(OC1CC(O)C2CON=C12)c1ccc(-c2ccccc2)cc1. The zero-order valence-corrected chi connectivity index (χ0v) is 13.1. The summed E-state index contributed by atoms with van der Waals surface area (Å²) in [6.45, 7) is 0.387. The Kier molecular flexibility index (Phi) is 4.06. The molecule has 0 amide bonds. The fourth-order valence-corrected chi connectivity index (χ4v) is 3.29. The lowest BCUT2D eigenvalue weighted by Crippen LogP contribution is -2.23. The third kappa shape index (κ3) is 2.82. The van der Waals surface area contributed by atoms with Gasteiger partial charge >= 0.3 is 0 Å². The summed E-state index contributed by atoms with van der Waals surface area (Å²) in [6, 6.07) is 17.7. The Labute approximate surface area is 140 Å². The smallest absolute Gasteiger partial charge is 0.181 e. The number of hydrogen-bond acceptors (Lipinski definition) is 5. The Morgan fingerprint density at radius 2 is 1.75 bits per heavy atom. The summed E-state index contributed by atoms with van der Waals surface area (Å²) in [7, 11) is 0. The average Bonchev–Trinajstić information content (AvgIpc) is 3.21. The van der Waals surface area contributed by atoms with Crippen molar-refractivity contribution in [1.82, 2.24) is 0 Å². The third-order valence-electron chi connectivity index (χ3n) is 4.65. The Morgan fingerprint density at radius 3 is 2.50 bits per heavy atom. The second-order valence-electron chi connectivity index (χ2n) is 6.19. The summed E-state index contributed by atoms with van der Waals surface area (Å²) in [5.41, 5.74) is 3.57. The summed E-state index contributed by atoms with van der Waals surface area (Å²) in [4.78, 5) is 5.03. The fourth-order valence-electron chi connectivity index (χ4n) is 3.29. The first-order valence-electron chi connectivity index (χ1n) is 8.09. The van der Waals surface area contributed by atoms with Crippen LogP contribution in [0.4, 0.5) is 0 Å². The van der Waals surface area contributed by atoms with Crippen LogP contribution >= 0.6 is 0 Å². The minimum absolute atomic E-state index is 0.109. The molecular formula is C19H19NO4. The first kappa shape index (κ1) is 15.3. The van der Waals surface area contributed by atoms with Crippen LogP contribution in [0.15, 0.2) is 59.8 Å². The number of aliphatic hydroxyl groups excluding tert-OH is 2. The van der Waals surface area contributed by atoms with E-state index >= 15 is 0 Å². The lowest BCUT2D eigenvalue weighted by molar-refractivity contribution is -0.123. The van der Waals surface area contributed by atoms with Gasteiger partial charge in [0.2, 0.25) is 0 Å². The second kappa shape index (κ2) is 6.36. The molecule has 1 fully saturated rings. The summed E-state index contributed by atoms with van der Waals surface area (Å²) < 4.78 is 5.71. The largest absolute Gasteiger partial charge is 0.395 e. The molecule has 2 N–H and O–H groups in total. The topological polar surface area (TPSA) is 71.3 Å². The van der Waals surface area contributed by atoms with E-state index in [1.54, 1.807) is 0 Å². The van der Waals surface area contributed by atoms with Gasteiger partial charge in [-0.1, -0.05) is 59.8 Å². The molecule has 1 aliphatic carbocycles. The zero-order valence-electron chi connectivity index (χ0n) is 13.1. The molecule has 2 aromatic carbocycles. The standard InChI is InChI=1S/C19H19NO4/c21-16-10-17(18-15(16)11-23-20-18)24-19(22)14-8-6-13(7-9-14)12-4-2-1-3-5-12/h1-9,15-17,19,21-22H,10-11H2. The number of hydrogen-bond donors (Lipinski definition) is 2. The zero-order chi connectivity index (χ0) is 16.5. The van der Waals surface area contributed by atoms with Crippen molar-refractivity contribution in [3.63, 3.8) is 0 Å². The van der Waals surface area contributed by atoms with Gasteiger partial charge in [-0.05, 0) is 11.1 Å². The van der Waals surface area contributed by atoms with Crippen LogP contribution in [0.3, 0.4) is 0 Å². The molecule has 4 rings (SSSR count). The van der Waals surface area contributed by atoms with Gasteiger partial charge in [-0.15, -0.1) is 0 Å². The molecule has 5 nitrogen and oxygen atoms in total. The van der Waals surface area contributed by atoms with Gasteiger partial charge in [0.1, 0.15) is 12.7 Å². The quantitative estimate of drug-likeness (QED) is 0.847. The van der Waals surface area contributed by atoms with Gasteiger partial charge in [-0.25, -0.2) is 0 Å². The molecule has 5 heteroatoms. The number of nitrogens with zero attached hydrogens (tertiary/aromatic N) is 1. The van der Waals surface area contributed by atoms with Crippen LogP contribution in [0.2, 0.25) is 0 Å². The molecule has 0 aromatic heterocycles. The van der Waals surface area contributed by atoms with E-state index in [2.05, 4.69) is 5.16 Å². The van der Waals surface area contributed by atoms with E-state index in [0.717, 1.165) is 11.1 Å². The van der Waals surface area contributed by atoms with Gasteiger partial charge in [0.25, 0.3) is 0 Å². The molecule has 4 atom stereocenters. The predicted octanol–water partition coefficient (Wildman–Crippen LogP) is 2.50. The molecular weight excluding hydrogens is 306 g/mol. The van der Waals surface area contributed by atoms with E-state index in [-0.39, 0.29) is 5.92 Å². The Hall–Kier alpha value is -2.21. The van der Waals surface area contributed by atoms with Crippen molar-refractivity contribution >= 4 is 5.71 Å². The minimum Gasteiger partial charge on any atom is -0.395 e. The first-order valence-corrected chi connectivity index (χ1v) is 8.09. The Balaban J connectivity index is 1.46. The maximum Gasteiger partial charge on any atom is 0.181 e.